The first-order chi connectivity index (χ1) is 8.56. The van der Waals surface area contributed by atoms with Gasteiger partial charge in [0.2, 0.25) is 5.95 Å². The number of anilines is 1. The Bertz CT molecular complexity index is 602. The number of nitrogens with zero attached hydrogens (tertiary/aromatic N) is 1. The first-order valence-corrected chi connectivity index (χ1v) is 5.02. The number of hydrogen-bond acceptors (Lipinski definition) is 4. The third-order valence-corrected chi connectivity index (χ3v) is 2.19. The molecule has 18 heavy (non-hydrogen) atoms. The van der Waals surface area contributed by atoms with Crippen LogP contribution in [0.2, 0.25) is 0 Å². The SMILES string of the molecule is O=C(Nc1cccc(F)n1)c1ccc(O)c(O)c1. The van der Waals surface area contributed by atoms with E-state index in [1.807, 2.05) is 0 Å². The smallest absolute Gasteiger partial charge is 0.256 e. The van der Waals surface area contributed by atoms with Crippen LogP contribution in [0, 0.1) is 5.95 Å². The van der Waals surface area contributed by atoms with Crippen molar-refractivity contribution in [3.05, 3.63) is 47.9 Å². The summed E-state index contributed by atoms with van der Waals surface area (Å²) in [4.78, 5) is 15.2. The maximum Gasteiger partial charge on any atom is 0.256 e. The van der Waals surface area contributed by atoms with Gasteiger partial charge in [-0.3, -0.25) is 4.79 Å². The monoisotopic (exact) mass is 248 g/mol. The number of carbonyl (C=O) groups is 1. The minimum atomic E-state index is -0.707. The molecule has 3 N–H and O–H groups in total. The molecular formula is C12H9FN2O3. The van der Waals surface area contributed by atoms with E-state index in [1.165, 1.54) is 24.3 Å². The van der Waals surface area contributed by atoms with E-state index in [1.54, 1.807) is 0 Å². The van der Waals surface area contributed by atoms with E-state index in [0.717, 1.165) is 12.1 Å². The summed E-state index contributed by atoms with van der Waals surface area (Å²) in [6.07, 6.45) is 0. The molecule has 0 aliphatic carbocycles. The van der Waals surface area contributed by atoms with Crippen molar-refractivity contribution in [3.8, 4) is 11.5 Å². The van der Waals surface area contributed by atoms with Crippen molar-refractivity contribution in [2.75, 3.05) is 5.32 Å². The number of pyridine rings is 1. The van der Waals surface area contributed by atoms with Crippen LogP contribution in [-0.2, 0) is 0 Å². The van der Waals surface area contributed by atoms with E-state index in [9.17, 15) is 14.3 Å². The molecule has 0 fully saturated rings. The Kier molecular flexibility index (Phi) is 3.09. The summed E-state index contributed by atoms with van der Waals surface area (Å²) < 4.78 is 12.8. The fourth-order valence-electron chi connectivity index (χ4n) is 1.33. The summed E-state index contributed by atoms with van der Waals surface area (Å²) in [6.45, 7) is 0. The van der Waals surface area contributed by atoms with Gasteiger partial charge in [-0.25, -0.2) is 4.98 Å². The van der Waals surface area contributed by atoms with Crippen molar-refractivity contribution in [3.63, 3.8) is 0 Å². The Labute approximate surface area is 102 Å². The number of aromatic hydroxyl groups is 2. The van der Waals surface area contributed by atoms with Gasteiger partial charge in [-0.15, -0.1) is 0 Å². The van der Waals surface area contributed by atoms with Crippen molar-refractivity contribution in [2.24, 2.45) is 0 Å². The number of nitrogens with one attached hydrogen (secondary N) is 1. The number of benzene rings is 1. The second-order valence-electron chi connectivity index (χ2n) is 3.50. The van der Waals surface area contributed by atoms with Crippen LogP contribution in [0.25, 0.3) is 0 Å². The maximum absolute atomic E-state index is 12.8. The van der Waals surface area contributed by atoms with Gasteiger partial charge in [0.15, 0.2) is 11.5 Å². The standard InChI is InChI=1S/C12H9FN2O3/c13-10-2-1-3-11(14-10)15-12(18)7-4-5-8(16)9(17)6-7/h1-6,16-17H,(H,14,15,18). The Morgan fingerprint density at radius 1 is 1.17 bits per heavy atom. The van der Waals surface area contributed by atoms with Crippen molar-refractivity contribution >= 4 is 11.7 Å². The zero-order valence-electron chi connectivity index (χ0n) is 9.09. The largest absolute Gasteiger partial charge is 0.504 e. The van der Waals surface area contributed by atoms with Crippen LogP contribution in [0.15, 0.2) is 36.4 Å². The molecule has 5 nitrogen and oxygen atoms in total. The quantitative estimate of drug-likeness (QED) is 0.559. The predicted octanol–water partition coefficient (Wildman–Crippen LogP) is 1.88. The Morgan fingerprint density at radius 2 is 1.94 bits per heavy atom. The first kappa shape index (κ1) is 11.8. The molecule has 0 aliphatic heterocycles. The number of amides is 1. The molecular weight excluding hydrogens is 239 g/mol. The lowest BCUT2D eigenvalue weighted by Gasteiger charge is -2.05. The van der Waals surface area contributed by atoms with E-state index < -0.39 is 17.6 Å². The number of hydrogen-bond donors (Lipinski definition) is 3. The number of aromatic nitrogens is 1. The second-order valence-corrected chi connectivity index (χ2v) is 3.50. The minimum Gasteiger partial charge on any atom is -0.504 e. The summed E-state index contributed by atoms with van der Waals surface area (Å²) in [6, 6.07) is 7.60. The van der Waals surface area contributed by atoms with Crippen LogP contribution in [0.5, 0.6) is 11.5 Å². The van der Waals surface area contributed by atoms with Gasteiger partial charge in [-0.1, -0.05) is 6.07 Å². The number of carbonyl (C=O) groups excluding carboxylic acids is 1. The fourth-order valence-corrected chi connectivity index (χ4v) is 1.33. The number of phenolic OH excluding ortho intramolecular Hbond substituents is 2. The molecule has 1 amide bonds. The van der Waals surface area contributed by atoms with Gasteiger partial charge in [-0.05, 0) is 30.3 Å². The van der Waals surface area contributed by atoms with Crippen LogP contribution < -0.4 is 5.32 Å². The molecule has 0 saturated heterocycles. The first-order valence-electron chi connectivity index (χ1n) is 5.02. The van der Waals surface area contributed by atoms with E-state index in [-0.39, 0.29) is 17.1 Å². The normalized spacial score (nSPS) is 10.1. The Balaban J connectivity index is 2.19. The molecule has 0 radical (unpaired) electrons. The van der Waals surface area contributed by atoms with Crippen LogP contribution in [0.4, 0.5) is 10.2 Å². The van der Waals surface area contributed by atoms with Crippen LogP contribution in [0.1, 0.15) is 10.4 Å². The lowest BCUT2D eigenvalue weighted by atomic mass is 10.2. The fraction of sp³-hybridized carbons (Fsp3) is 0. The zero-order chi connectivity index (χ0) is 13.1. The Morgan fingerprint density at radius 3 is 2.61 bits per heavy atom. The summed E-state index contributed by atoms with van der Waals surface area (Å²) in [7, 11) is 0. The topological polar surface area (TPSA) is 82.5 Å². The van der Waals surface area contributed by atoms with E-state index in [4.69, 9.17) is 5.11 Å². The van der Waals surface area contributed by atoms with Gasteiger partial charge in [-0.2, -0.15) is 4.39 Å². The molecule has 2 aromatic rings. The summed E-state index contributed by atoms with van der Waals surface area (Å²) in [5, 5.41) is 20.7. The van der Waals surface area contributed by atoms with E-state index >= 15 is 0 Å². The van der Waals surface area contributed by atoms with Gasteiger partial charge in [0, 0.05) is 5.56 Å². The highest BCUT2D eigenvalue weighted by molar-refractivity contribution is 6.04. The molecule has 1 heterocycles. The molecule has 0 spiro atoms. The molecule has 0 bridgehead atoms. The molecule has 0 atom stereocenters. The molecule has 2 rings (SSSR count). The molecule has 1 aromatic heterocycles. The average molecular weight is 248 g/mol. The Hall–Kier alpha value is -2.63. The van der Waals surface area contributed by atoms with Crippen LogP contribution in [0.3, 0.4) is 0 Å². The van der Waals surface area contributed by atoms with Crippen molar-refractivity contribution < 1.29 is 19.4 Å². The third-order valence-electron chi connectivity index (χ3n) is 2.19. The number of rotatable bonds is 2. The molecule has 6 heteroatoms. The third kappa shape index (κ3) is 2.54. The van der Waals surface area contributed by atoms with Crippen molar-refractivity contribution in [1.29, 1.82) is 0 Å². The molecule has 0 aliphatic rings. The van der Waals surface area contributed by atoms with Gasteiger partial charge in [0.25, 0.3) is 5.91 Å². The van der Waals surface area contributed by atoms with Gasteiger partial charge < -0.3 is 15.5 Å². The minimum absolute atomic E-state index is 0.0626. The number of halogens is 1. The molecule has 0 saturated carbocycles. The highest BCUT2D eigenvalue weighted by Gasteiger charge is 2.09. The maximum atomic E-state index is 12.8. The lowest BCUT2D eigenvalue weighted by molar-refractivity contribution is 0.102. The molecule has 1 aromatic carbocycles. The van der Waals surface area contributed by atoms with Crippen molar-refractivity contribution in [2.45, 2.75) is 0 Å². The summed E-state index contributed by atoms with van der Waals surface area (Å²) >= 11 is 0. The van der Waals surface area contributed by atoms with Gasteiger partial charge in [0.1, 0.15) is 5.82 Å². The van der Waals surface area contributed by atoms with Gasteiger partial charge >= 0.3 is 0 Å². The highest BCUT2D eigenvalue weighted by atomic mass is 19.1. The zero-order valence-corrected chi connectivity index (χ0v) is 9.09. The van der Waals surface area contributed by atoms with Crippen molar-refractivity contribution in [1.82, 2.24) is 4.98 Å². The predicted molar refractivity (Wildman–Crippen MR) is 61.9 cm³/mol. The number of phenols is 2. The second kappa shape index (κ2) is 4.70. The van der Waals surface area contributed by atoms with Crippen LogP contribution >= 0.6 is 0 Å². The summed E-state index contributed by atoms with van der Waals surface area (Å²) in [5.74, 6) is -1.94. The highest BCUT2D eigenvalue weighted by Crippen LogP contribution is 2.25. The van der Waals surface area contributed by atoms with Crippen LogP contribution in [-0.4, -0.2) is 21.1 Å². The molecule has 92 valence electrons. The summed E-state index contributed by atoms with van der Waals surface area (Å²) in [5.41, 5.74) is 0.122. The van der Waals surface area contributed by atoms with E-state index in [2.05, 4.69) is 10.3 Å². The average Bonchev–Trinajstić information content (AvgIpc) is 2.32. The molecule has 0 unspecified atom stereocenters. The van der Waals surface area contributed by atoms with Gasteiger partial charge in [0.05, 0.1) is 0 Å². The van der Waals surface area contributed by atoms with E-state index in [0.29, 0.717) is 0 Å². The lowest BCUT2D eigenvalue weighted by Crippen LogP contribution is -2.13.